The minimum Gasteiger partial charge on any atom is -0.355 e. The number of hydrogen-bond donors (Lipinski definition) is 2. The minimum atomic E-state index is -4.39. The van der Waals surface area contributed by atoms with Crippen LogP contribution in [-0.4, -0.2) is 29.9 Å². The van der Waals surface area contributed by atoms with Gasteiger partial charge in [-0.05, 0) is 19.1 Å². The third-order valence-corrected chi connectivity index (χ3v) is 4.45. The molecule has 0 aliphatic rings. The number of thiazole rings is 1. The first-order valence-electron chi connectivity index (χ1n) is 7.36. The molecule has 25 heavy (non-hydrogen) atoms. The molecular weight excluding hydrogens is 355 g/mol. The summed E-state index contributed by atoms with van der Waals surface area (Å²) in [4.78, 5) is 27.5. The Morgan fingerprint density at radius 1 is 1.12 bits per heavy atom. The van der Waals surface area contributed by atoms with Crippen LogP contribution in [0.3, 0.4) is 0 Å². The molecule has 1 aromatic heterocycles. The van der Waals surface area contributed by atoms with Crippen LogP contribution < -0.4 is 10.6 Å². The number of nitrogens with zero attached hydrogens (tertiary/aromatic N) is 1. The van der Waals surface area contributed by atoms with Gasteiger partial charge in [-0.1, -0.05) is 12.1 Å². The Bertz CT molecular complexity index is 770. The van der Waals surface area contributed by atoms with E-state index in [1.165, 1.54) is 19.1 Å². The molecule has 0 radical (unpaired) electrons. The lowest BCUT2D eigenvalue weighted by molar-refractivity contribution is -0.137. The normalized spacial score (nSPS) is 11.2. The number of rotatable bonds is 5. The Labute approximate surface area is 146 Å². The largest absolute Gasteiger partial charge is 0.416 e. The molecular formula is C16H16F3N3O2S. The molecule has 0 aliphatic heterocycles. The van der Waals surface area contributed by atoms with Crippen molar-refractivity contribution in [1.82, 2.24) is 15.6 Å². The van der Waals surface area contributed by atoms with Crippen molar-refractivity contribution in [3.05, 3.63) is 40.4 Å². The molecule has 0 bridgehead atoms. The highest BCUT2D eigenvalue weighted by Crippen LogP contribution is 2.32. The van der Waals surface area contributed by atoms with Gasteiger partial charge in [-0.25, -0.2) is 4.98 Å². The molecule has 9 heteroatoms. The molecule has 0 saturated heterocycles. The summed E-state index contributed by atoms with van der Waals surface area (Å²) in [5.41, 5.74) is 0.274. The average molecular weight is 371 g/mol. The highest BCUT2D eigenvalue weighted by molar-refractivity contribution is 7.17. The highest BCUT2D eigenvalue weighted by atomic mass is 32.1. The summed E-state index contributed by atoms with van der Waals surface area (Å²) in [6.45, 7) is 3.62. The SMILES string of the molecule is CC(=O)NCCNC(=O)c1sc(-c2ccc(C(F)(F)F)cc2)nc1C. The van der Waals surface area contributed by atoms with Gasteiger partial charge in [-0.15, -0.1) is 11.3 Å². The predicted molar refractivity (Wildman–Crippen MR) is 88.3 cm³/mol. The van der Waals surface area contributed by atoms with Gasteiger partial charge in [0, 0.05) is 25.6 Å². The van der Waals surface area contributed by atoms with Crippen LogP contribution in [-0.2, 0) is 11.0 Å². The average Bonchev–Trinajstić information content (AvgIpc) is 2.92. The summed E-state index contributed by atoms with van der Waals surface area (Å²) >= 11 is 1.11. The van der Waals surface area contributed by atoms with Crippen LogP contribution in [0.4, 0.5) is 13.2 Å². The monoisotopic (exact) mass is 371 g/mol. The molecule has 2 N–H and O–H groups in total. The van der Waals surface area contributed by atoms with Gasteiger partial charge in [0.2, 0.25) is 5.91 Å². The van der Waals surface area contributed by atoms with Crippen molar-refractivity contribution in [2.24, 2.45) is 0 Å². The van der Waals surface area contributed by atoms with Crippen LogP contribution in [0.5, 0.6) is 0 Å². The van der Waals surface area contributed by atoms with Crippen LogP contribution in [0.1, 0.15) is 27.9 Å². The molecule has 2 aromatic rings. The van der Waals surface area contributed by atoms with Crippen LogP contribution in [0.2, 0.25) is 0 Å². The molecule has 0 atom stereocenters. The molecule has 5 nitrogen and oxygen atoms in total. The van der Waals surface area contributed by atoms with Crippen molar-refractivity contribution in [2.75, 3.05) is 13.1 Å². The zero-order valence-electron chi connectivity index (χ0n) is 13.5. The maximum atomic E-state index is 12.6. The fraction of sp³-hybridized carbons (Fsp3) is 0.312. The van der Waals surface area contributed by atoms with E-state index in [-0.39, 0.29) is 18.4 Å². The molecule has 0 saturated carbocycles. The van der Waals surface area contributed by atoms with Crippen molar-refractivity contribution in [1.29, 1.82) is 0 Å². The summed E-state index contributed by atoms with van der Waals surface area (Å²) in [5.74, 6) is -0.522. The fourth-order valence-electron chi connectivity index (χ4n) is 2.03. The first-order valence-corrected chi connectivity index (χ1v) is 8.18. The Morgan fingerprint density at radius 3 is 2.28 bits per heavy atom. The number of hydrogen-bond acceptors (Lipinski definition) is 4. The second-order valence-electron chi connectivity index (χ2n) is 5.25. The Hall–Kier alpha value is -2.42. The third kappa shape index (κ3) is 5.02. The van der Waals surface area contributed by atoms with Gasteiger partial charge in [0.1, 0.15) is 9.88 Å². The van der Waals surface area contributed by atoms with Gasteiger partial charge >= 0.3 is 6.18 Å². The van der Waals surface area contributed by atoms with E-state index in [1.54, 1.807) is 6.92 Å². The van der Waals surface area contributed by atoms with Gasteiger partial charge in [0.25, 0.3) is 5.91 Å². The molecule has 0 spiro atoms. The van der Waals surface area contributed by atoms with Crippen molar-refractivity contribution >= 4 is 23.2 Å². The number of benzene rings is 1. The molecule has 1 heterocycles. The number of nitrogens with one attached hydrogen (secondary N) is 2. The third-order valence-electron chi connectivity index (χ3n) is 3.25. The molecule has 0 fully saturated rings. The molecule has 134 valence electrons. The number of carbonyl (C=O) groups excluding carboxylic acids is 2. The lowest BCUT2D eigenvalue weighted by Crippen LogP contribution is -2.33. The molecule has 0 unspecified atom stereocenters. The lowest BCUT2D eigenvalue weighted by Gasteiger charge is -2.06. The highest BCUT2D eigenvalue weighted by Gasteiger charge is 2.30. The Kier molecular flexibility index (Phi) is 5.78. The van der Waals surface area contributed by atoms with Crippen molar-refractivity contribution in [3.8, 4) is 10.6 Å². The van der Waals surface area contributed by atoms with E-state index in [4.69, 9.17) is 0 Å². The second kappa shape index (κ2) is 7.64. The van der Waals surface area contributed by atoms with E-state index in [1.807, 2.05) is 0 Å². The topological polar surface area (TPSA) is 71.1 Å². The summed E-state index contributed by atoms with van der Waals surface area (Å²) < 4.78 is 37.8. The Balaban J connectivity index is 2.08. The van der Waals surface area contributed by atoms with Gasteiger partial charge in [0.05, 0.1) is 11.3 Å². The van der Waals surface area contributed by atoms with Crippen molar-refractivity contribution in [3.63, 3.8) is 0 Å². The number of amides is 2. The first-order chi connectivity index (χ1) is 11.7. The quantitative estimate of drug-likeness (QED) is 0.794. The van der Waals surface area contributed by atoms with Crippen molar-refractivity contribution in [2.45, 2.75) is 20.0 Å². The number of aromatic nitrogens is 1. The zero-order chi connectivity index (χ0) is 18.6. The predicted octanol–water partition coefficient (Wildman–Crippen LogP) is 3.00. The minimum absolute atomic E-state index is 0.187. The maximum absolute atomic E-state index is 12.6. The van der Waals surface area contributed by atoms with E-state index in [0.717, 1.165) is 23.5 Å². The smallest absolute Gasteiger partial charge is 0.355 e. The van der Waals surface area contributed by atoms with Crippen LogP contribution in [0, 0.1) is 6.92 Å². The first kappa shape index (κ1) is 18.9. The second-order valence-corrected chi connectivity index (χ2v) is 6.25. The maximum Gasteiger partial charge on any atom is 0.416 e. The number of alkyl halides is 3. The summed E-state index contributed by atoms with van der Waals surface area (Å²) in [6, 6.07) is 4.64. The summed E-state index contributed by atoms with van der Waals surface area (Å²) in [5, 5.41) is 5.69. The standard InChI is InChI=1S/C16H16F3N3O2S/c1-9-13(14(24)21-8-7-20-10(2)23)25-15(22-9)11-3-5-12(6-4-11)16(17,18)19/h3-6H,7-8H2,1-2H3,(H,20,23)(H,21,24). The molecule has 0 aliphatic carbocycles. The molecule has 2 rings (SSSR count). The van der Waals surface area contributed by atoms with Gasteiger partial charge < -0.3 is 10.6 Å². The van der Waals surface area contributed by atoms with Crippen LogP contribution in [0.25, 0.3) is 10.6 Å². The Morgan fingerprint density at radius 2 is 1.72 bits per heavy atom. The summed E-state index contributed by atoms with van der Waals surface area (Å²) in [6.07, 6.45) is -4.39. The van der Waals surface area contributed by atoms with Gasteiger partial charge in [-0.3, -0.25) is 9.59 Å². The number of carbonyl (C=O) groups is 2. The number of halogens is 3. The summed E-state index contributed by atoms with van der Waals surface area (Å²) in [7, 11) is 0. The van der Waals surface area contributed by atoms with Crippen molar-refractivity contribution < 1.29 is 22.8 Å². The van der Waals surface area contributed by atoms with E-state index >= 15 is 0 Å². The van der Waals surface area contributed by atoms with E-state index in [2.05, 4.69) is 15.6 Å². The van der Waals surface area contributed by atoms with Gasteiger partial charge in [0.15, 0.2) is 0 Å². The molecule has 1 aromatic carbocycles. The van der Waals surface area contributed by atoms with Crippen LogP contribution in [0.15, 0.2) is 24.3 Å². The number of aryl methyl sites for hydroxylation is 1. The molecule has 2 amide bonds. The lowest BCUT2D eigenvalue weighted by atomic mass is 10.1. The zero-order valence-corrected chi connectivity index (χ0v) is 14.3. The van der Waals surface area contributed by atoms with E-state index in [0.29, 0.717) is 27.7 Å². The van der Waals surface area contributed by atoms with E-state index < -0.39 is 11.7 Å². The fourth-order valence-corrected chi connectivity index (χ4v) is 3.02. The van der Waals surface area contributed by atoms with E-state index in [9.17, 15) is 22.8 Å². The van der Waals surface area contributed by atoms with Crippen LogP contribution >= 0.6 is 11.3 Å². The van der Waals surface area contributed by atoms with Gasteiger partial charge in [-0.2, -0.15) is 13.2 Å².